The monoisotopic (exact) mass is 325 g/mol. The Hall–Kier alpha value is -2.82. The largest absolute Gasteiger partial charge is 0.482 e. The van der Waals surface area contributed by atoms with Crippen LogP contribution in [0.4, 0.5) is 0 Å². The van der Waals surface area contributed by atoms with Gasteiger partial charge in [0.2, 0.25) is 0 Å². The molecule has 5 nitrogen and oxygen atoms in total. The Bertz CT molecular complexity index is 738. The van der Waals surface area contributed by atoms with Gasteiger partial charge in [-0.3, -0.25) is 4.79 Å². The van der Waals surface area contributed by atoms with Crippen LogP contribution in [0.3, 0.4) is 0 Å². The normalized spacial score (nSPS) is 14.7. The minimum absolute atomic E-state index is 0.163. The third kappa shape index (κ3) is 4.13. The van der Waals surface area contributed by atoms with Crippen LogP contribution in [0.5, 0.6) is 5.75 Å². The fourth-order valence-electron chi connectivity index (χ4n) is 2.67. The number of rotatable bonds is 7. The first-order chi connectivity index (χ1) is 11.6. The van der Waals surface area contributed by atoms with Crippen molar-refractivity contribution in [1.29, 1.82) is 0 Å². The molecule has 124 valence electrons. The molecule has 2 aromatic rings. The molecule has 0 atom stereocenters. The van der Waals surface area contributed by atoms with E-state index in [1.165, 1.54) is 5.56 Å². The second-order valence-corrected chi connectivity index (χ2v) is 6.11. The highest BCUT2D eigenvalue weighted by atomic mass is 16.5. The van der Waals surface area contributed by atoms with Gasteiger partial charge in [0.05, 0.1) is 0 Å². The molecule has 1 fully saturated rings. The summed E-state index contributed by atoms with van der Waals surface area (Å²) in [6.07, 6.45) is 2.74. The van der Waals surface area contributed by atoms with E-state index in [0.29, 0.717) is 11.3 Å². The van der Waals surface area contributed by atoms with Crippen molar-refractivity contribution in [3.05, 3.63) is 65.7 Å². The number of carbonyl (C=O) groups is 2. The van der Waals surface area contributed by atoms with Crippen LogP contribution in [0, 0.1) is 0 Å². The van der Waals surface area contributed by atoms with Crippen molar-refractivity contribution in [3.8, 4) is 5.75 Å². The Morgan fingerprint density at radius 2 is 1.83 bits per heavy atom. The van der Waals surface area contributed by atoms with Gasteiger partial charge in [0.15, 0.2) is 6.61 Å². The maximum atomic E-state index is 12.5. The topological polar surface area (TPSA) is 75.6 Å². The molecule has 1 aliphatic rings. The molecule has 0 heterocycles. The van der Waals surface area contributed by atoms with Crippen LogP contribution < -0.4 is 10.1 Å². The van der Waals surface area contributed by atoms with E-state index in [2.05, 4.69) is 17.4 Å². The van der Waals surface area contributed by atoms with Crippen LogP contribution in [-0.4, -0.2) is 29.1 Å². The molecular weight excluding hydrogens is 306 g/mol. The first-order valence-corrected chi connectivity index (χ1v) is 7.87. The van der Waals surface area contributed by atoms with E-state index < -0.39 is 12.6 Å². The fourth-order valence-corrected chi connectivity index (χ4v) is 2.67. The molecule has 1 saturated carbocycles. The summed E-state index contributed by atoms with van der Waals surface area (Å²) in [5, 5.41) is 11.8. The Morgan fingerprint density at radius 3 is 2.50 bits per heavy atom. The number of hydrogen-bond acceptors (Lipinski definition) is 3. The molecule has 2 aromatic carbocycles. The minimum Gasteiger partial charge on any atom is -0.482 e. The predicted octanol–water partition coefficient (Wildman–Crippen LogP) is 2.66. The highest BCUT2D eigenvalue weighted by Crippen LogP contribution is 2.39. The highest BCUT2D eigenvalue weighted by molar-refractivity contribution is 5.95. The summed E-state index contributed by atoms with van der Waals surface area (Å²) in [5.41, 5.74) is 1.50. The number of carboxylic acids is 1. The third-order valence-electron chi connectivity index (χ3n) is 4.08. The molecule has 0 aliphatic heterocycles. The number of benzene rings is 2. The highest BCUT2D eigenvalue weighted by Gasteiger charge is 2.43. The number of hydrogen-bond donors (Lipinski definition) is 2. The van der Waals surface area contributed by atoms with E-state index in [0.717, 1.165) is 19.3 Å². The quantitative estimate of drug-likeness (QED) is 0.820. The Balaban J connectivity index is 1.64. The van der Waals surface area contributed by atoms with Crippen LogP contribution in [0.15, 0.2) is 54.6 Å². The maximum Gasteiger partial charge on any atom is 0.341 e. The Labute approximate surface area is 140 Å². The van der Waals surface area contributed by atoms with Gasteiger partial charge in [-0.05, 0) is 43.0 Å². The average molecular weight is 325 g/mol. The van der Waals surface area contributed by atoms with E-state index >= 15 is 0 Å². The summed E-state index contributed by atoms with van der Waals surface area (Å²) in [7, 11) is 0. The summed E-state index contributed by atoms with van der Waals surface area (Å²) < 4.78 is 5.12. The number of ether oxygens (including phenoxy) is 1. The first kappa shape index (κ1) is 16.1. The van der Waals surface area contributed by atoms with Crippen molar-refractivity contribution in [2.45, 2.75) is 24.8 Å². The number of carbonyl (C=O) groups excluding carboxylic acids is 1. The van der Waals surface area contributed by atoms with Crippen LogP contribution in [-0.2, 0) is 11.2 Å². The third-order valence-corrected chi connectivity index (χ3v) is 4.08. The van der Waals surface area contributed by atoms with E-state index in [-0.39, 0.29) is 11.4 Å². The molecule has 1 aliphatic carbocycles. The summed E-state index contributed by atoms with van der Waals surface area (Å²) in [6, 6.07) is 16.7. The molecule has 2 N–H and O–H groups in total. The number of nitrogens with one attached hydrogen (secondary N) is 1. The summed E-state index contributed by atoms with van der Waals surface area (Å²) >= 11 is 0. The molecule has 0 saturated heterocycles. The minimum atomic E-state index is -1.05. The molecule has 0 spiro atoms. The zero-order valence-corrected chi connectivity index (χ0v) is 13.2. The predicted molar refractivity (Wildman–Crippen MR) is 89.2 cm³/mol. The van der Waals surface area contributed by atoms with Gasteiger partial charge in [0, 0.05) is 11.1 Å². The van der Waals surface area contributed by atoms with E-state index in [1.807, 2.05) is 18.2 Å². The van der Waals surface area contributed by atoms with Crippen molar-refractivity contribution in [3.63, 3.8) is 0 Å². The van der Waals surface area contributed by atoms with Crippen molar-refractivity contribution in [2.75, 3.05) is 6.61 Å². The number of amides is 1. The van der Waals surface area contributed by atoms with Gasteiger partial charge in [0.25, 0.3) is 5.91 Å². The lowest BCUT2D eigenvalue weighted by Gasteiger charge is -2.18. The Kier molecular flexibility index (Phi) is 4.51. The number of carboxylic acid groups (broad SMARTS) is 1. The molecule has 24 heavy (non-hydrogen) atoms. The van der Waals surface area contributed by atoms with Gasteiger partial charge in [-0.2, -0.15) is 0 Å². The van der Waals surface area contributed by atoms with E-state index in [1.54, 1.807) is 24.3 Å². The number of aliphatic carboxylic acids is 1. The lowest BCUT2D eigenvalue weighted by molar-refractivity contribution is -0.139. The maximum absolute atomic E-state index is 12.5. The zero-order chi connectivity index (χ0) is 17.0. The standard InChI is InChI=1S/C19H19NO4/c21-17(22)13-24-16-8-4-7-15(11-16)18(23)20-19(9-10-19)12-14-5-2-1-3-6-14/h1-8,11H,9-10,12-13H2,(H,20,23)(H,21,22). The second kappa shape index (κ2) is 6.74. The van der Waals surface area contributed by atoms with Crippen molar-refractivity contribution < 1.29 is 19.4 Å². The molecular formula is C19H19NO4. The molecule has 0 aromatic heterocycles. The molecule has 0 bridgehead atoms. The van der Waals surface area contributed by atoms with Gasteiger partial charge < -0.3 is 15.2 Å². The van der Waals surface area contributed by atoms with Crippen LogP contribution in [0.25, 0.3) is 0 Å². The molecule has 0 unspecified atom stereocenters. The average Bonchev–Trinajstić information content (AvgIpc) is 3.33. The van der Waals surface area contributed by atoms with Gasteiger partial charge in [-0.15, -0.1) is 0 Å². The SMILES string of the molecule is O=C(O)COc1cccc(C(=O)NC2(Cc3ccccc3)CC2)c1. The summed E-state index contributed by atoms with van der Waals surface area (Å²) in [4.78, 5) is 23.1. The molecule has 3 rings (SSSR count). The van der Waals surface area contributed by atoms with Gasteiger partial charge in [-0.1, -0.05) is 36.4 Å². The van der Waals surface area contributed by atoms with Crippen molar-refractivity contribution in [2.24, 2.45) is 0 Å². The van der Waals surface area contributed by atoms with Crippen molar-refractivity contribution in [1.82, 2.24) is 5.32 Å². The lowest BCUT2D eigenvalue weighted by Crippen LogP contribution is -2.38. The lowest BCUT2D eigenvalue weighted by atomic mass is 10.0. The molecule has 1 amide bonds. The van der Waals surface area contributed by atoms with Gasteiger partial charge >= 0.3 is 5.97 Å². The zero-order valence-electron chi connectivity index (χ0n) is 13.2. The van der Waals surface area contributed by atoms with Crippen LogP contribution >= 0.6 is 0 Å². The van der Waals surface area contributed by atoms with Crippen molar-refractivity contribution >= 4 is 11.9 Å². The summed E-state index contributed by atoms with van der Waals surface area (Å²) in [5.74, 6) is -0.841. The smallest absolute Gasteiger partial charge is 0.341 e. The fraction of sp³-hybridized carbons (Fsp3) is 0.263. The summed E-state index contributed by atoms with van der Waals surface area (Å²) in [6.45, 7) is -0.428. The van der Waals surface area contributed by atoms with E-state index in [9.17, 15) is 9.59 Å². The molecule has 0 radical (unpaired) electrons. The molecule has 5 heteroatoms. The Morgan fingerprint density at radius 1 is 1.08 bits per heavy atom. The van der Waals surface area contributed by atoms with E-state index in [4.69, 9.17) is 9.84 Å². The van der Waals surface area contributed by atoms with Crippen LogP contribution in [0.2, 0.25) is 0 Å². The second-order valence-electron chi connectivity index (χ2n) is 6.11. The van der Waals surface area contributed by atoms with Gasteiger partial charge in [0.1, 0.15) is 5.75 Å². The first-order valence-electron chi connectivity index (χ1n) is 7.87. The van der Waals surface area contributed by atoms with Gasteiger partial charge in [-0.25, -0.2) is 4.79 Å². The van der Waals surface area contributed by atoms with Crippen LogP contribution in [0.1, 0.15) is 28.8 Å².